The van der Waals surface area contributed by atoms with Gasteiger partial charge < -0.3 is 30.2 Å². The van der Waals surface area contributed by atoms with Crippen molar-refractivity contribution in [2.45, 2.75) is 69.8 Å². The van der Waals surface area contributed by atoms with Crippen molar-refractivity contribution in [1.82, 2.24) is 19.9 Å². The number of rotatable bonds is 7. The minimum Gasteiger partial charge on any atom is -0.470 e. The molecule has 2 aliphatic heterocycles. The number of ether oxygens (including phenoxy) is 3. The van der Waals surface area contributed by atoms with Crippen molar-refractivity contribution in [1.29, 1.82) is 0 Å². The van der Waals surface area contributed by atoms with E-state index in [9.17, 15) is 9.59 Å². The zero-order chi connectivity index (χ0) is 28.4. The zero-order valence-electron chi connectivity index (χ0n) is 23.4. The van der Waals surface area contributed by atoms with E-state index in [1.807, 2.05) is 33.8 Å². The molecule has 0 spiro atoms. The highest BCUT2D eigenvalue weighted by Gasteiger charge is 2.54. The van der Waals surface area contributed by atoms with Gasteiger partial charge in [0.2, 0.25) is 5.88 Å². The Balaban J connectivity index is 1.26. The second kappa shape index (κ2) is 9.38. The Bertz CT molecular complexity index is 1510. The van der Waals surface area contributed by atoms with Gasteiger partial charge in [-0.05, 0) is 62.8 Å². The molecule has 1 saturated carbocycles. The van der Waals surface area contributed by atoms with Crippen LogP contribution in [-0.2, 0) is 19.8 Å². The first-order chi connectivity index (χ1) is 19.0. The summed E-state index contributed by atoms with van der Waals surface area (Å²) < 4.78 is 17.1. The maximum absolute atomic E-state index is 12.7. The van der Waals surface area contributed by atoms with Crippen LogP contribution in [0.3, 0.4) is 0 Å². The number of cyclic esters (lactones) is 1. The number of aromatic nitrogens is 3. The second-order valence-corrected chi connectivity index (χ2v) is 11.6. The Hall–Kier alpha value is -3.83. The Morgan fingerprint density at radius 1 is 1.15 bits per heavy atom. The zero-order valence-corrected chi connectivity index (χ0v) is 23.4. The van der Waals surface area contributed by atoms with Crippen LogP contribution in [0.2, 0.25) is 0 Å². The van der Waals surface area contributed by atoms with Crippen LogP contribution in [0.1, 0.15) is 68.1 Å². The van der Waals surface area contributed by atoms with Gasteiger partial charge in [-0.25, -0.2) is 19.7 Å². The number of nitrogens with two attached hydrogens (primary N) is 1. The molecule has 3 N–H and O–H groups in total. The topological polar surface area (TPSA) is 142 Å². The lowest BCUT2D eigenvalue weighted by molar-refractivity contribution is -0.153. The molecule has 3 aliphatic rings. The lowest BCUT2D eigenvalue weighted by Crippen LogP contribution is -2.59. The van der Waals surface area contributed by atoms with Gasteiger partial charge in [-0.1, -0.05) is 6.92 Å². The summed E-state index contributed by atoms with van der Waals surface area (Å²) >= 11 is 0. The smallest absolute Gasteiger partial charge is 0.340 e. The van der Waals surface area contributed by atoms with Crippen LogP contribution in [0.15, 0.2) is 30.6 Å². The summed E-state index contributed by atoms with van der Waals surface area (Å²) in [5, 5.41) is 4.85. The molecule has 3 aromatic heterocycles. The van der Waals surface area contributed by atoms with E-state index in [0.717, 1.165) is 29.2 Å². The molecule has 0 radical (unpaired) electrons. The second-order valence-electron chi connectivity index (χ2n) is 11.6. The van der Waals surface area contributed by atoms with E-state index in [1.54, 1.807) is 36.5 Å². The van der Waals surface area contributed by atoms with E-state index in [4.69, 9.17) is 24.9 Å². The van der Waals surface area contributed by atoms with Crippen molar-refractivity contribution in [2.24, 2.45) is 5.73 Å². The summed E-state index contributed by atoms with van der Waals surface area (Å²) in [6.07, 6.45) is 4.55. The van der Waals surface area contributed by atoms with Gasteiger partial charge in [-0.15, -0.1) is 0 Å². The lowest BCUT2D eigenvalue weighted by atomic mass is 9.93. The molecular formula is C29H34N6O5. The molecule has 2 fully saturated rings. The maximum atomic E-state index is 12.7. The van der Waals surface area contributed by atoms with Crippen molar-refractivity contribution < 1.29 is 23.8 Å². The number of carbonyl (C=O) groups excluding carboxylic acids is 2. The first-order valence-electron chi connectivity index (χ1n) is 13.6. The van der Waals surface area contributed by atoms with Gasteiger partial charge in [-0.3, -0.25) is 4.79 Å². The van der Waals surface area contributed by atoms with Crippen LogP contribution >= 0.6 is 0 Å². The number of pyridine rings is 3. The maximum Gasteiger partial charge on any atom is 0.340 e. The average molecular weight is 547 g/mol. The molecule has 3 aromatic rings. The predicted octanol–water partition coefficient (Wildman–Crippen LogP) is 3.39. The molecule has 1 aliphatic carbocycles. The first-order valence-corrected chi connectivity index (χ1v) is 13.6. The van der Waals surface area contributed by atoms with E-state index in [-0.39, 0.29) is 30.0 Å². The van der Waals surface area contributed by atoms with Crippen LogP contribution < -0.4 is 15.8 Å². The molecular weight excluding hydrogens is 512 g/mol. The molecule has 0 unspecified atom stereocenters. The Morgan fingerprint density at radius 3 is 2.58 bits per heavy atom. The number of anilines is 2. The molecule has 210 valence electrons. The average Bonchev–Trinajstić information content (AvgIpc) is 3.69. The van der Waals surface area contributed by atoms with E-state index in [1.165, 1.54) is 0 Å². The Kier molecular flexibility index (Phi) is 6.19. The number of hydrogen-bond donors (Lipinski definition) is 2. The SMILES string of the molecule is COC1(C(=O)N2CC(Oc3ncc(C(C)(C)N)c4cc(Nc5ccc6c(n5)[C@@H](C)[C@H](C)OC6=O)ncc34)C2)CC1. The van der Waals surface area contributed by atoms with Gasteiger partial charge in [0.1, 0.15) is 29.4 Å². The quantitative estimate of drug-likeness (QED) is 0.424. The summed E-state index contributed by atoms with van der Waals surface area (Å²) in [5.41, 5.74) is 7.22. The predicted molar refractivity (Wildman–Crippen MR) is 148 cm³/mol. The molecule has 2 atom stereocenters. The van der Waals surface area contributed by atoms with Gasteiger partial charge in [-0.2, -0.15) is 0 Å². The third kappa shape index (κ3) is 4.52. The number of carbonyl (C=O) groups is 2. The van der Waals surface area contributed by atoms with Crippen LogP contribution in [0.4, 0.5) is 11.6 Å². The number of hydrogen-bond acceptors (Lipinski definition) is 10. The highest BCUT2D eigenvalue weighted by Crippen LogP contribution is 2.42. The van der Waals surface area contributed by atoms with Gasteiger partial charge in [0.15, 0.2) is 0 Å². The third-order valence-corrected chi connectivity index (χ3v) is 8.16. The number of fused-ring (bicyclic) bond motifs is 2. The fourth-order valence-electron chi connectivity index (χ4n) is 5.28. The van der Waals surface area contributed by atoms with Crippen molar-refractivity contribution >= 4 is 34.3 Å². The van der Waals surface area contributed by atoms with Gasteiger partial charge in [0, 0.05) is 31.0 Å². The largest absolute Gasteiger partial charge is 0.470 e. The van der Waals surface area contributed by atoms with Crippen LogP contribution in [0, 0.1) is 0 Å². The number of nitrogens with one attached hydrogen (secondary N) is 1. The van der Waals surface area contributed by atoms with E-state index >= 15 is 0 Å². The number of amides is 1. The number of esters is 1. The Labute approximate surface area is 232 Å². The summed E-state index contributed by atoms with van der Waals surface area (Å²) in [6, 6.07) is 5.37. The fourth-order valence-corrected chi connectivity index (χ4v) is 5.28. The lowest BCUT2D eigenvalue weighted by Gasteiger charge is -2.40. The highest BCUT2D eigenvalue weighted by molar-refractivity contribution is 5.93. The first kappa shape index (κ1) is 26.4. The van der Waals surface area contributed by atoms with Crippen molar-refractivity contribution in [3.05, 3.63) is 47.4 Å². The molecule has 6 rings (SSSR count). The third-order valence-electron chi connectivity index (χ3n) is 8.16. The summed E-state index contributed by atoms with van der Waals surface area (Å²) in [6.45, 7) is 8.66. The summed E-state index contributed by atoms with van der Waals surface area (Å²) in [4.78, 5) is 40.7. The molecule has 1 amide bonds. The monoisotopic (exact) mass is 546 g/mol. The minimum atomic E-state index is -0.670. The summed E-state index contributed by atoms with van der Waals surface area (Å²) in [5.74, 6) is 1.22. The van der Waals surface area contributed by atoms with Gasteiger partial charge >= 0.3 is 5.97 Å². The van der Waals surface area contributed by atoms with Crippen molar-refractivity contribution in [3.63, 3.8) is 0 Å². The van der Waals surface area contributed by atoms with Crippen LogP contribution in [-0.4, -0.2) is 69.7 Å². The van der Waals surface area contributed by atoms with Crippen LogP contribution in [0.5, 0.6) is 5.88 Å². The summed E-state index contributed by atoms with van der Waals surface area (Å²) in [7, 11) is 1.59. The number of nitrogens with zero attached hydrogens (tertiary/aromatic N) is 4. The molecule has 0 aromatic carbocycles. The molecule has 0 bridgehead atoms. The number of likely N-dealkylation sites (tertiary alicyclic amines) is 1. The van der Waals surface area contributed by atoms with Gasteiger partial charge in [0.25, 0.3) is 5.91 Å². The number of methoxy groups -OCH3 is 1. The molecule has 11 nitrogen and oxygen atoms in total. The van der Waals surface area contributed by atoms with E-state index in [0.29, 0.717) is 41.9 Å². The van der Waals surface area contributed by atoms with Crippen molar-refractivity contribution in [3.8, 4) is 5.88 Å². The van der Waals surface area contributed by atoms with E-state index < -0.39 is 11.1 Å². The van der Waals surface area contributed by atoms with E-state index in [2.05, 4.69) is 15.3 Å². The van der Waals surface area contributed by atoms with Crippen molar-refractivity contribution in [2.75, 3.05) is 25.5 Å². The standard InChI is InChI=1S/C29H34N6O5/c1-15-16(2)39-26(36)18-6-7-22(34-24(15)18)33-23-10-19-20(11-31-23)25(32-12-21(19)28(3,4)30)40-17-13-35(14-17)27(37)29(38-5)8-9-29/h6-7,10-12,15-17H,8-9,13-14,30H2,1-5H3,(H,31,33,34)/t15-,16-/m0/s1. The Morgan fingerprint density at radius 2 is 1.90 bits per heavy atom. The fraction of sp³-hybridized carbons (Fsp3) is 0.483. The van der Waals surface area contributed by atoms with Crippen LogP contribution in [0.25, 0.3) is 10.8 Å². The minimum absolute atomic E-state index is 0.0295. The molecule has 40 heavy (non-hydrogen) atoms. The molecule has 5 heterocycles. The molecule has 1 saturated heterocycles. The normalized spacial score (nSPS) is 21.9. The highest BCUT2D eigenvalue weighted by atomic mass is 16.5. The van der Waals surface area contributed by atoms with Gasteiger partial charge in [0.05, 0.1) is 29.7 Å². The molecule has 11 heteroatoms.